The van der Waals surface area contributed by atoms with Crippen LogP contribution in [0.5, 0.6) is 0 Å². The summed E-state index contributed by atoms with van der Waals surface area (Å²) in [7, 11) is 0. The van der Waals surface area contributed by atoms with Crippen molar-refractivity contribution >= 4 is 11.6 Å². The molecular formula is C16H26N2O. The molecule has 0 aliphatic carbocycles. The highest BCUT2D eigenvalue weighted by Crippen LogP contribution is 2.19. The fourth-order valence-corrected chi connectivity index (χ4v) is 2.09. The van der Waals surface area contributed by atoms with Crippen molar-refractivity contribution in [3.8, 4) is 0 Å². The van der Waals surface area contributed by atoms with Crippen LogP contribution in [-0.4, -0.2) is 30.4 Å². The molecule has 0 saturated carbocycles. The zero-order valence-corrected chi connectivity index (χ0v) is 12.6. The lowest BCUT2D eigenvalue weighted by atomic mass is 10.1. The van der Waals surface area contributed by atoms with Gasteiger partial charge in [-0.3, -0.25) is 4.79 Å². The number of hydrogen-bond acceptors (Lipinski definition) is 2. The predicted molar refractivity (Wildman–Crippen MR) is 81.8 cm³/mol. The van der Waals surface area contributed by atoms with E-state index >= 15 is 0 Å². The minimum Gasteiger partial charge on any atom is -0.384 e. The molecule has 3 heteroatoms. The molecule has 1 amide bonds. The fourth-order valence-electron chi connectivity index (χ4n) is 2.09. The van der Waals surface area contributed by atoms with Gasteiger partial charge in [-0.05, 0) is 38.8 Å². The Morgan fingerprint density at radius 1 is 1.21 bits per heavy atom. The van der Waals surface area contributed by atoms with Crippen LogP contribution in [0, 0.1) is 6.92 Å². The van der Waals surface area contributed by atoms with Gasteiger partial charge in [-0.15, -0.1) is 0 Å². The molecule has 0 spiro atoms. The summed E-state index contributed by atoms with van der Waals surface area (Å²) in [4.78, 5) is 14.5. The SMILES string of the molecule is CCCNc1ccc(C)cc1C(=O)N(CC)CCC. The Morgan fingerprint density at radius 3 is 2.53 bits per heavy atom. The van der Waals surface area contributed by atoms with E-state index in [2.05, 4.69) is 19.2 Å². The van der Waals surface area contributed by atoms with Crippen molar-refractivity contribution in [2.24, 2.45) is 0 Å². The number of amides is 1. The average Bonchev–Trinajstić information content (AvgIpc) is 2.42. The van der Waals surface area contributed by atoms with Gasteiger partial charge in [0.25, 0.3) is 5.91 Å². The van der Waals surface area contributed by atoms with Gasteiger partial charge in [-0.25, -0.2) is 0 Å². The van der Waals surface area contributed by atoms with Crippen molar-refractivity contribution in [2.45, 2.75) is 40.5 Å². The van der Waals surface area contributed by atoms with Crippen molar-refractivity contribution in [1.29, 1.82) is 0 Å². The summed E-state index contributed by atoms with van der Waals surface area (Å²) in [5, 5.41) is 3.34. The van der Waals surface area contributed by atoms with Crippen LogP contribution in [0.4, 0.5) is 5.69 Å². The van der Waals surface area contributed by atoms with E-state index in [1.165, 1.54) is 0 Å². The van der Waals surface area contributed by atoms with Gasteiger partial charge in [0, 0.05) is 25.3 Å². The summed E-state index contributed by atoms with van der Waals surface area (Å²) in [5.41, 5.74) is 2.87. The molecular weight excluding hydrogens is 236 g/mol. The molecule has 106 valence electrons. The van der Waals surface area contributed by atoms with Crippen molar-refractivity contribution < 1.29 is 4.79 Å². The first-order valence-corrected chi connectivity index (χ1v) is 7.27. The molecule has 0 aromatic heterocycles. The number of carbonyl (C=O) groups is 1. The first kappa shape index (κ1) is 15.5. The van der Waals surface area contributed by atoms with E-state index in [4.69, 9.17) is 0 Å². The van der Waals surface area contributed by atoms with Crippen molar-refractivity contribution in [3.63, 3.8) is 0 Å². The molecule has 1 aromatic rings. The third kappa shape index (κ3) is 4.27. The van der Waals surface area contributed by atoms with E-state index < -0.39 is 0 Å². The number of anilines is 1. The second-order valence-electron chi connectivity index (χ2n) is 4.86. The molecule has 0 fully saturated rings. The van der Waals surface area contributed by atoms with Crippen LogP contribution in [0.1, 0.15) is 49.5 Å². The Bertz CT molecular complexity index is 415. The third-order valence-electron chi connectivity index (χ3n) is 3.13. The second-order valence-corrected chi connectivity index (χ2v) is 4.86. The zero-order valence-electron chi connectivity index (χ0n) is 12.6. The van der Waals surface area contributed by atoms with Crippen LogP contribution >= 0.6 is 0 Å². The summed E-state index contributed by atoms with van der Waals surface area (Å²) in [6, 6.07) is 6.04. The molecule has 0 saturated heterocycles. The molecule has 0 heterocycles. The quantitative estimate of drug-likeness (QED) is 0.813. The first-order chi connectivity index (χ1) is 9.13. The van der Waals surface area contributed by atoms with E-state index in [1.807, 2.05) is 36.9 Å². The fraction of sp³-hybridized carbons (Fsp3) is 0.562. The van der Waals surface area contributed by atoms with E-state index in [1.54, 1.807) is 0 Å². The van der Waals surface area contributed by atoms with Gasteiger partial charge in [-0.2, -0.15) is 0 Å². The summed E-state index contributed by atoms with van der Waals surface area (Å²) in [5.74, 6) is 0.131. The lowest BCUT2D eigenvalue weighted by molar-refractivity contribution is 0.0765. The van der Waals surface area contributed by atoms with Gasteiger partial charge < -0.3 is 10.2 Å². The third-order valence-corrected chi connectivity index (χ3v) is 3.13. The monoisotopic (exact) mass is 262 g/mol. The van der Waals surface area contributed by atoms with E-state index in [9.17, 15) is 4.79 Å². The Balaban J connectivity index is 3.01. The highest BCUT2D eigenvalue weighted by Gasteiger charge is 2.17. The number of nitrogens with zero attached hydrogens (tertiary/aromatic N) is 1. The molecule has 1 N–H and O–H groups in total. The van der Waals surface area contributed by atoms with Gasteiger partial charge in [0.15, 0.2) is 0 Å². The molecule has 0 bridgehead atoms. The molecule has 0 aliphatic heterocycles. The smallest absolute Gasteiger partial charge is 0.255 e. The zero-order chi connectivity index (χ0) is 14.3. The highest BCUT2D eigenvalue weighted by atomic mass is 16.2. The molecule has 1 aromatic carbocycles. The summed E-state index contributed by atoms with van der Waals surface area (Å²) in [6.07, 6.45) is 2.04. The second kappa shape index (κ2) is 7.82. The van der Waals surface area contributed by atoms with Crippen molar-refractivity contribution in [1.82, 2.24) is 4.90 Å². The van der Waals surface area contributed by atoms with Gasteiger partial charge in [-0.1, -0.05) is 25.5 Å². The van der Waals surface area contributed by atoms with Crippen LogP contribution < -0.4 is 5.32 Å². The van der Waals surface area contributed by atoms with Gasteiger partial charge in [0.1, 0.15) is 0 Å². The van der Waals surface area contributed by atoms with Gasteiger partial charge in [0.2, 0.25) is 0 Å². The molecule has 19 heavy (non-hydrogen) atoms. The van der Waals surface area contributed by atoms with E-state index in [-0.39, 0.29) is 5.91 Å². The standard InChI is InChI=1S/C16H26N2O/c1-5-10-17-15-9-8-13(4)12-14(15)16(19)18(7-3)11-6-2/h8-9,12,17H,5-7,10-11H2,1-4H3. The normalized spacial score (nSPS) is 10.3. The lowest BCUT2D eigenvalue weighted by Crippen LogP contribution is -2.32. The summed E-state index contributed by atoms with van der Waals surface area (Å²) in [6.45, 7) is 10.7. The van der Waals surface area contributed by atoms with Crippen molar-refractivity contribution in [2.75, 3.05) is 25.0 Å². The lowest BCUT2D eigenvalue weighted by Gasteiger charge is -2.22. The molecule has 1 rings (SSSR count). The topological polar surface area (TPSA) is 32.3 Å². The number of nitrogens with one attached hydrogen (secondary N) is 1. The van der Waals surface area contributed by atoms with E-state index in [0.717, 1.165) is 49.3 Å². The maximum atomic E-state index is 12.6. The number of rotatable bonds is 7. The Labute approximate surface area is 117 Å². The minimum absolute atomic E-state index is 0.131. The van der Waals surface area contributed by atoms with E-state index in [0.29, 0.717) is 0 Å². The minimum atomic E-state index is 0.131. The highest BCUT2D eigenvalue weighted by molar-refractivity contribution is 5.99. The maximum absolute atomic E-state index is 12.6. The molecule has 0 aliphatic rings. The molecule has 3 nitrogen and oxygen atoms in total. The summed E-state index contributed by atoms with van der Waals surface area (Å²) >= 11 is 0. The Hall–Kier alpha value is -1.51. The number of hydrogen-bond donors (Lipinski definition) is 1. The van der Waals surface area contributed by atoms with Crippen LogP contribution in [0.25, 0.3) is 0 Å². The molecule has 0 unspecified atom stereocenters. The number of benzene rings is 1. The largest absolute Gasteiger partial charge is 0.384 e. The number of carbonyl (C=O) groups excluding carboxylic acids is 1. The average molecular weight is 262 g/mol. The first-order valence-electron chi connectivity index (χ1n) is 7.27. The van der Waals surface area contributed by atoms with Gasteiger partial charge in [0.05, 0.1) is 5.56 Å². The maximum Gasteiger partial charge on any atom is 0.255 e. The van der Waals surface area contributed by atoms with Crippen LogP contribution in [-0.2, 0) is 0 Å². The molecule has 0 atom stereocenters. The Morgan fingerprint density at radius 2 is 1.95 bits per heavy atom. The molecule has 0 radical (unpaired) electrons. The summed E-state index contributed by atoms with van der Waals surface area (Å²) < 4.78 is 0. The number of aryl methyl sites for hydroxylation is 1. The van der Waals surface area contributed by atoms with Crippen LogP contribution in [0.3, 0.4) is 0 Å². The van der Waals surface area contributed by atoms with Crippen molar-refractivity contribution in [3.05, 3.63) is 29.3 Å². The predicted octanol–water partition coefficient (Wildman–Crippen LogP) is 3.69. The van der Waals surface area contributed by atoms with Crippen LogP contribution in [0.15, 0.2) is 18.2 Å². The van der Waals surface area contributed by atoms with Crippen LogP contribution in [0.2, 0.25) is 0 Å². The van der Waals surface area contributed by atoms with Gasteiger partial charge >= 0.3 is 0 Å². The Kier molecular flexibility index (Phi) is 6.40.